The number of hydrogen-bond acceptors (Lipinski definition) is 2. The molecular weight excluding hydrogens is 224 g/mol. The Morgan fingerprint density at radius 1 is 1.39 bits per heavy atom. The van der Waals surface area contributed by atoms with E-state index >= 15 is 0 Å². The monoisotopic (exact) mass is 248 g/mol. The zero-order chi connectivity index (χ0) is 13.7. The van der Waals surface area contributed by atoms with Crippen LogP contribution in [0.2, 0.25) is 0 Å². The summed E-state index contributed by atoms with van der Waals surface area (Å²) >= 11 is 0. The number of carbonyl (C=O) groups is 1. The molecule has 1 atom stereocenters. The van der Waals surface area contributed by atoms with Crippen molar-refractivity contribution >= 4 is 5.91 Å². The predicted octanol–water partition coefficient (Wildman–Crippen LogP) is 2.44. The van der Waals surface area contributed by atoms with Crippen molar-refractivity contribution in [2.45, 2.75) is 33.2 Å². The van der Waals surface area contributed by atoms with Crippen molar-refractivity contribution in [3.8, 4) is 0 Å². The molecule has 18 heavy (non-hydrogen) atoms. The molecule has 0 spiro atoms. The van der Waals surface area contributed by atoms with Crippen LogP contribution in [0.15, 0.2) is 24.3 Å². The molecule has 0 aliphatic rings. The Kier molecular flexibility index (Phi) is 5.35. The normalized spacial score (nSPS) is 12.6. The third-order valence-electron chi connectivity index (χ3n) is 3.27. The van der Waals surface area contributed by atoms with Gasteiger partial charge in [0.1, 0.15) is 0 Å². The summed E-state index contributed by atoms with van der Waals surface area (Å²) in [6.07, 6.45) is 0.839. The standard InChI is InChI=1S/C15H24N2O/c1-11(2)14(16)8-9-17(4)15(18)13-7-5-6-12(3)10-13/h5-7,10-11,14H,8-9,16H2,1-4H3/t14-/m1/s1. The number of rotatable bonds is 5. The molecule has 1 aromatic carbocycles. The third-order valence-corrected chi connectivity index (χ3v) is 3.27. The lowest BCUT2D eigenvalue weighted by Crippen LogP contribution is -2.34. The van der Waals surface area contributed by atoms with Gasteiger partial charge >= 0.3 is 0 Å². The molecule has 0 aliphatic heterocycles. The van der Waals surface area contributed by atoms with E-state index in [-0.39, 0.29) is 11.9 Å². The minimum Gasteiger partial charge on any atom is -0.342 e. The fraction of sp³-hybridized carbons (Fsp3) is 0.533. The summed E-state index contributed by atoms with van der Waals surface area (Å²) in [5.41, 5.74) is 7.84. The van der Waals surface area contributed by atoms with Gasteiger partial charge in [0, 0.05) is 25.2 Å². The van der Waals surface area contributed by atoms with Crippen molar-refractivity contribution < 1.29 is 4.79 Å². The van der Waals surface area contributed by atoms with Crippen LogP contribution in [0.5, 0.6) is 0 Å². The van der Waals surface area contributed by atoms with E-state index in [0.29, 0.717) is 12.5 Å². The number of aryl methyl sites for hydroxylation is 1. The molecular formula is C15H24N2O. The maximum atomic E-state index is 12.2. The summed E-state index contributed by atoms with van der Waals surface area (Å²) in [6, 6.07) is 7.83. The molecule has 0 radical (unpaired) electrons. The van der Waals surface area contributed by atoms with Gasteiger partial charge in [-0.1, -0.05) is 31.5 Å². The van der Waals surface area contributed by atoms with E-state index in [1.54, 1.807) is 4.90 Å². The van der Waals surface area contributed by atoms with Gasteiger partial charge in [0.2, 0.25) is 0 Å². The lowest BCUT2D eigenvalue weighted by Gasteiger charge is -2.21. The molecule has 3 nitrogen and oxygen atoms in total. The Labute approximate surface area is 110 Å². The number of amides is 1. The quantitative estimate of drug-likeness (QED) is 0.870. The second-order valence-electron chi connectivity index (χ2n) is 5.29. The Morgan fingerprint density at radius 2 is 2.06 bits per heavy atom. The zero-order valence-corrected chi connectivity index (χ0v) is 11.8. The van der Waals surface area contributed by atoms with Gasteiger partial charge in [-0.15, -0.1) is 0 Å². The number of nitrogens with zero attached hydrogens (tertiary/aromatic N) is 1. The largest absolute Gasteiger partial charge is 0.342 e. The molecule has 1 amide bonds. The molecule has 1 rings (SSSR count). The van der Waals surface area contributed by atoms with Crippen molar-refractivity contribution in [1.82, 2.24) is 4.90 Å². The van der Waals surface area contributed by atoms with Crippen molar-refractivity contribution in [3.63, 3.8) is 0 Å². The lowest BCUT2D eigenvalue weighted by atomic mass is 10.0. The van der Waals surface area contributed by atoms with Gasteiger partial charge in [0.05, 0.1) is 0 Å². The fourth-order valence-electron chi connectivity index (χ4n) is 1.78. The van der Waals surface area contributed by atoms with Gasteiger partial charge in [0.25, 0.3) is 5.91 Å². The molecule has 3 heteroatoms. The summed E-state index contributed by atoms with van der Waals surface area (Å²) in [4.78, 5) is 13.9. The highest BCUT2D eigenvalue weighted by Crippen LogP contribution is 2.09. The van der Waals surface area contributed by atoms with Crippen LogP contribution >= 0.6 is 0 Å². The number of carbonyl (C=O) groups excluding carboxylic acids is 1. The fourth-order valence-corrected chi connectivity index (χ4v) is 1.78. The average molecular weight is 248 g/mol. The maximum absolute atomic E-state index is 12.2. The van der Waals surface area contributed by atoms with E-state index in [1.165, 1.54) is 0 Å². The molecule has 0 saturated heterocycles. The molecule has 0 bridgehead atoms. The second kappa shape index (κ2) is 6.55. The molecule has 0 unspecified atom stereocenters. The molecule has 0 fully saturated rings. The molecule has 0 heterocycles. The van der Waals surface area contributed by atoms with Crippen molar-refractivity contribution in [1.29, 1.82) is 0 Å². The second-order valence-corrected chi connectivity index (χ2v) is 5.29. The number of nitrogens with two attached hydrogens (primary N) is 1. The minimum atomic E-state index is 0.0645. The summed E-state index contributed by atoms with van der Waals surface area (Å²) in [5.74, 6) is 0.516. The van der Waals surface area contributed by atoms with Crippen molar-refractivity contribution in [2.24, 2.45) is 11.7 Å². The number of benzene rings is 1. The summed E-state index contributed by atoms with van der Waals surface area (Å²) < 4.78 is 0. The molecule has 100 valence electrons. The maximum Gasteiger partial charge on any atom is 0.253 e. The first-order valence-electron chi connectivity index (χ1n) is 6.49. The van der Waals surface area contributed by atoms with Crippen LogP contribution in [-0.4, -0.2) is 30.4 Å². The van der Waals surface area contributed by atoms with Gasteiger partial charge in [0.15, 0.2) is 0 Å². The van der Waals surface area contributed by atoms with Gasteiger partial charge in [-0.05, 0) is 31.4 Å². The van der Waals surface area contributed by atoms with Crippen LogP contribution < -0.4 is 5.73 Å². The third kappa shape index (κ3) is 4.15. The Hall–Kier alpha value is -1.35. The first-order valence-corrected chi connectivity index (χ1v) is 6.49. The average Bonchev–Trinajstić information content (AvgIpc) is 2.34. The lowest BCUT2D eigenvalue weighted by molar-refractivity contribution is 0.0789. The van der Waals surface area contributed by atoms with Crippen LogP contribution in [0.1, 0.15) is 36.2 Å². The predicted molar refractivity (Wildman–Crippen MR) is 75.6 cm³/mol. The Morgan fingerprint density at radius 3 is 2.61 bits per heavy atom. The highest BCUT2D eigenvalue weighted by atomic mass is 16.2. The first kappa shape index (κ1) is 14.7. The van der Waals surface area contributed by atoms with Crippen molar-refractivity contribution in [3.05, 3.63) is 35.4 Å². The van der Waals surface area contributed by atoms with Crippen LogP contribution in [0, 0.1) is 12.8 Å². The van der Waals surface area contributed by atoms with E-state index in [1.807, 2.05) is 38.2 Å². The highest BCUT2D eigenvalue weighted by molar-refractivity contribution is 5.94. The van der Waals surface area contributed by atoms with Crippen LogP contribution in [0.4, 0.5) is 0 Å². The molecule has 1 aromatic rings. The minimum absolute atomic E-state index is 0.0645. The summed E-state index contributed by atoms with van der Waals surface area (Å²) in [7, 11) is 1.83. The highest BCUT2D eigenvalue weighted by Gasteiger charge is 2.14. The van der Waals surface area contributed by atoms with E-state index in [2.05, 4.69) is 13.8 Å². The summed E-state index contributed by atoms with van der Waals surface area (Å²) in [6.45, 7) is 6.90. The molecule has 0 aromatic heterocycles. The number of hydrogen-bond donors (Lipinski definition) is 1. The Bertz CT molecular complexity index is 401. The molecule has 0 saturated carbocycles. The first-order chi connectivity index (χ1) is 8.41. The Balaban J connectivity index is 2.57. The van der Waals surface area contributed by atoms with Crippen molar-refractivity contribution in [2.75, 3.05) is 13.6 Å². The van der Waals surface area contributed by atoms with E-state index in [9.17, 15) is 4.79 Å². The van der Waals surface area contributed by atoms with Gasteiger partial charge in [-0.25, -0.2) is 0 Å². The van der Waals surface area contributed by atoms with Gasteiger partial charge < -0.3 is 10.6 Å². The zero-order valence-electron chi connectivity index (χ0n) is 11.8. The van der Waals surface area contributed by atoms with Crippen LogP contribution in [0.3, 0.4) is 0 Å². The smallest absolute Gasteiger partial charge is 0.253 e. The van der Waals surface area contributed by atoms with Crippen LogP contribution in [-0.2, 0) is 0 Å². The van der Waals surface area contributed by atoms with Gasteiger partial charge in [-0.3, -0.25) is 4.79 Å². The van der Waals surface area contributed by atoms with E-state index < -0.39 is 0 Å². The molecule has 0 aliphatic carbocycles. The topological polar surface area (TPSA) is 46.3 Å². The summed E-state index contributed by atoms with van der Waals surface area (Å²) in [5, 5.41) is 0. The van der Waals surface area contributed by atoms with E-state index in [4.69, 9.17) is 5.73 Å². The SMILES string of the molecule is Cc1cccc(C(=O)N(C)CC[C@@H](N)C(C)C)c1. The van der Waals surface area contributed by atoms with Gasteiger partial charge in [-0.2, -0.15) is 0 Å². The van der Waals surface area contributed by atoms with E-state index in [0.717, 1.165) is 17.5 Å². The molecule has 2 N–H and O–H groups in total. The van der Waals surface area contributed by atoms with Crippen LogP contribution in [0.25, 0.3) is 0 Å².